The number of esters is 1. The molecule has 0 saturated carbocycles. The highest BCUT2D eigenvalue weighted by Gasteiger charge is 2.06. The molecule has 5 nitrogen and oxygen atoms in total. The van der Waals surface area contributed by atoms with Crippen molar-refractivity contribution in [1.82, 2.24) is 5.43 Å². The van der Waals surface area contributed by atoms with Crippen molar-refractivity contribution in [3.8, 4) is 6.07 Å². The van der Waals surface area contributed by atoms with Crippen LogP contribution in [0.1, 0.15) is 28.8 Å². The van der Waals surface area contributed by atoms with E-state index in [4.69, 9.17) is 15.8 Å². The van der Waals surface area contributed by atoms with Crippen LogP contribution in [0.4, 0.5) is 0 Å². The van der Waals surface area contributed by atoms with E-state index in [1.54, 1.807) is 24.3 Å². The molecule has 0 amide bonds. The van der Waals surface area contributed by atoms with E-state index in [2.05, 4.69) is 5.43 Å². The topological polar surface area (TPSA) is 88.1 Å². The summed E-state index contributed by atoms with van der Waals surface area (Å²) in [6.07, 6.45) is 1.63. The van der Waals surface area contributed by atoms with Gasteiger partial charge in [0.1, 0.15) is 0 Å². The SMILES string of the molecule is N#Cc1ccc(C(=O)OCCCCNN)cc1. The van der Waals surface area contributed by atoms with Crippen molar-refractivity contribution < 1.29 is 9.53 Å². The molecule has 0 saturated heterocycles. The molecule has 0 aliphatic carbocycles. The van der Waals surface area contributed by atoms with Gasteiger partial charge in [-0.05, 0) is 37.1 Å². The van der Waals surface area contributed by atoms with Gasteiger partial charge in [0.2, 0.25) is 0 Å². The number of unbranched alkanes of at least 4 members (excludes halogenated alkanes) is 1. The Balaban J connectivity index is 2.34. The Labute approximate surface area is 100 Å². The lowest BCUT2D eigenvalue weighted by molar-refractivity contribution is 0.0498. The largest absolute Gasteiger partial charge is 0.462 e. The lowest BCUT2D eigenvalue weighted by Crippen LogP contribution is -2.23. The number of ether oxygens (including phenoxy) is 1. The van der Waals surface area contributed by atoms with Gasteiger partial charge in [-0.3, -0.25) is 11.3 Å². The molecule has 1 aromatic rings. The van der Waals surface area contributed by atoms with Crippen LogP contribution >= 0.6 is 0 Å². The highest BCUT2D eigenvalue weighted by molar-refractivity contribution is 5.89. The quantitative estimate of drug-likeness (QED) is 0.330. The molecule has 0 bridgehead atoms. The minimum atomic E-state index is -0.366. The Morgan fingerprint density at radius 1 is 1.35 bits per heavy atom. The predicted octanol–water partition coefficient (Wildman–Crippen LogP) is 0.959. The Kier molecular flexibility index (Phi) is 5.72. The fraction of sp³-hybridized carbons (Fsp3) is 0.333. The van der Waals surface area contributed by atoms with Gasteiger partial charge in [0.15, 0.2) is 0 Å². The molecule has 5 heteroatoms. The van der Waals surface area contributed by atoms with Crippen LogP contribution in [0.25, 0.3) is 0 Å². The molecule has 17 heavy (non-hydrogen) atoms. The van der Waals surface area contributed by atoms with Crippen molar-refractivity contribution in [3.63, 3.8) is 0 Å². The Bertz CT molecular complexity index is 395. The smallest absolute Gasteiger partial charge is 0.338 e. The van der Waals surface area contributed by atoms with Crippen molar-refractivity contribution in [2.75, 3.05) is 13.2 Å². The van der Waals surface area contributed by atoms with Crippen molar-refractivity contribution in [3.05, 3.63) is 35.4 Å². The van der Waals surface area contributed by atoms with E-state index in [0.29, 0.717) is 24.3 Å². The molecule has 0 aliphatic rings. The minimum Gasteiger partial charge on any atom is -0.462 e. The van der Waals surface area contributed by atoms with E-state index in [1.807, 2.05) is 6.07 Å². The van der Waals surface area contributed by atoms with E-state index >= 15 is 0 Å². The van der Waals surface area contributed by atoms with Gasteiger partial charge in [0.25, 0.3) is 0 Å². The maximum Gasteiger partial charge on any atom is 0.338 e. The van der Waals surface area contributed by atoms with Crippen LogP contribution in [0.15, 0.2) is 24.3 Å². The van der Waals surface area contributed by atoms with Gasteiger partial charge in [0, 0.05) is 6.54 Å². The summed E-state index contributed by atoms with van der Waals surface area (Å²) in [6, 6.07) is 8.34. The number of nitrogens with two attached hydrogens (primary N) is 1. The zero-order valence-electron chi connectivity index (χ0n) is 9.48. The molecule has 0 radical (unpaired) electrons. The third kappa shape index (κ3) is 4.64. The summed E-state index contributed by atoms with van der Waals surface area (Å²) in [5.41, 5.74) is 3.51. The summed E-state index contributed by atoms with van der Waals surface area (Å²) in [5, 5.41) is 8.61. The van der Waals surface area contributed by atoms with Crippen LogP contribution in [0.3, 0.4) is 0 Å². The normalized spacial score (nSPS) is 9.65. The first kappa shape index (κ1) is 13.2. The summed E-state index contributed by atoms with van der Waals surface area (Å²) >= 11 is 0. The van der Waals surface area contributed by atoms with Gasteiger partial charge in [-0.25, -0.2) is 4.79 Å². The first-order valence-electron chi connectivity index (χ1n) is 5.38. The first-order valence-corrected chi connectivity index (χ1v) is 5.38. The predicted molar refractivity (Wildman–Crippen MR) is 62.9 cm³/mol. The highest BCUT2D eigenvalue weighted by atomic mass is 16.5. The molecular formula is C12H15N3O2. The number of nitriles is 1. The molecular weight excluding hydrogens is 218 g/mol. The number of benzene rings is 1. The maximum absolute atomic E-state index is 11.5. The fourth-order valence-corrected chi connectivity index (χ4v) is 1.26. The van der Waals surface area contributed by atoms with E-state index < -0.39 is 0 Å². The zero-order valence-corrected chi connectivity index (χ0v) is 9.48. The molecule has 3 N–H and O–H groups in total. The van der Waals surface area contributed by atoms with E-state index in [0.717, 1.165) is 12.8 Å². The lowest BCUT2D eigenvalue weighted by atomic mass is 10.1. The Morgan fingerprint density at radius 3 is 2.65 bits per heavy atom. The van der Waals surface area contributed by atoms with Crippen LogP contribution in [0, 0.1) is 11.3 Å². The van der Waals surface area contributed by atoms with Crippen LogP contribution < -0.4 is 11.3 Å². The molecule has 0 heterocycles. The number of hydrazine groups is 1. The second-order valence-corrected chi connectivity index (χ2v) is 3.49. The van der Waals surface area contributed by atoms with Gasteiger partial charge in [-0.1, -0.05) is 0 Å². The summed E-state index contributed by atoms with van der Waals surface area (Å²) < 4.78 is 5.06. The standard InChI is InChI=1S/C12H15N3O2/c13-9-10-3-5-11(6-4-10)12(16)17-8-2-1-7-15-14/h3-6,15H,1-2,7-8,14H2. The second-order valence-electron chi connectivity index (χ2n) is 3.49. The molecule has 0 spiro atoms. The fourth-order valence-electron chi connectivity index (χ4n) is 1.26. The van der Waals surface area contributed by atoms with Crippen molar-refractivity contribution in [2.24, 2.45) is 5.84 Å². The lowest BCUT2D eigenvalue weighted by Gasteiger charge is -2.04. The summed E-state index contributed by atoms with van der Waals surface area (Å²) in [7, 11) is 0. The van der Waals surface area contributed by atoms with Crippen LogP contribution in [-0.2, 0) is 4.74 Å². The van der Waals surface area contributed by atoms with Crippen LogP contribution in [0.5, 0.6) is 0 Å². The number of nitrogens with zero attached hydrogens (tertiary/aromatic N) is 1. The number of carbonyl (C=O) groups excluding carboxylic acids is 1. The molecule has 0 unspecified atom stereocenters. The molecule has 0 atom stereocenters. The van der Waals surface area contributed by atoms with E-state index in [-0.39, 0.29) is 5.97 Å². The Morgan fingerprint density at radius 2 is 2.06 bits per heavy atom. The van der Waals surface area contributed by atoms with Gasteiger partial charge < -0.3 is 4.74 Å². The number of rotatable bonds is 6. The van der Waals surface area contributed by atoms with Gasteiger partial charge in [0.05, 0.1) is 23.8 Å². The average molecular weight is 233 g/mol. The highest BCUT2D eigenvalue weighted by Crippen LogP contribution is 2.05. The number of hydrogen-bond donors (Lipinski definition) is 2. The van der Waals surface area contributed by atoms with Crippen molar-refractivity contribution >= 4 is 5.97 Å². The molecule has 0 aromatic heterocycles. The monoisotopic (exact) mass is 233 g/mol. The third-order valence-corrected chi connectivity index (χ3v) is 2.20. The maximum atomic E-state index is 11.5. The van der Waals surface area contributed by atoms with Gasteiger partial charge >= 0.3 is 5.97 Å². The summed E-state index contributed by atoms with van der Waals surface area (Å²) in [6.45, 7) is 1.08. The Hall–Kier alpha value is -1.90. The minimum absolute atomic E-state index is 0.366. The molecule has 0 aliphatic heterocycles. The zero-order chi connectivity index (χ0) is 12.5. The second kappa shape index (κ2) is 7.39. The van der Waals surface area contributed by atoms with Crippen LogP contribution in [0.2, 0.25) is 0 Å². The molecule has 1 aromatic carbocycles. The number of hydrogen-bond acceptors (Lipinski definition) is 5. The molecule has 90 valence electrons. The summed E-state index contributed by atoms with van der Waals surface area (Å²) in [4.78, 5) is 11.5. The summed E-state index contributed by atoms with van der Waals surface area (Å²) in [5.74, 6) is 4.74. The van der Waals surface area contributed by atoms with Crippen molar-refractivity contribution in [2.45, 2.75) is 12.8 Å². The van der Waals surface area contributed by atoms with Gasteiger partial charge in [-0.15, -0.1) is 0 Å². The van der Waals surface area contributed by atoms with E-state index in [9.17, 15) is 4.79 Å². The van der Waals surface area contributed by atoms with E-state index in [1.165, 1.54) is 0 Å². The molecule has 0 fully saturated rings. The first-order chi connectivity index (χ1) is 8.27. The van der Waals surface area contributed by atoms with Crippen molar-refractivity contribution in [1.29, 1.82) is 5.26 Å². The third-order valence-electron chi connectivity index (χ3n) is 2.20. The number of nitrogens with one attached hydrogen (secondary N) is 1. The average Bonchev–Trinajstić information content (AvgIpc) is 2.38. The van der Waals surface area contributed by atoms with Crippen LogP contribution in [-0.4, -0.2) is 19.1 Å². The van der Waals surface area contributed by atoms with Gasteiger partial charge in [-0.2, -0.15) is 5.26 Å². The number of carbonyl (C=O) groups is 1. The molecule has 1 rings (SSSR count).